The second-order valence-electron chi connectivity index (χ2n) is 4.11. The van der Waals surface area contributed by atoms with Crippen LogP contribution in [-0.4, -0.2) is 21.9 Å². The molecule has 1 amide bonds. The Balaban J connectivity index is 2.28. The zero-order chi connectivity index (χ0) is 15.4. The number of nitrogens with one attached hydrogen (secondary N) is 1. The van der Waals surface area contributed by atoms with E-state index in [1.54, 1.807) is 0 Å². The van der Waals surface area contributed by atoms with Crippen molar-refractivity contribution in [3.63, 3.8) is 0 Å². The zero-order valence-electron chi connectivity index (χ0n) is 10.6. The third-order valence-electron chi connectivity index (χ3n) is 2.71. The van der Waals surface area contributed by atoms with Gasteiger partial charge in [0.25, 0.3) is 11.6 Å². The summed E-state index contributed by atoms with van der Waals surface area (Å²) in [6, 6.07) is 11.1. The third kappa shape index (κ3) is 3.21. The minimum absolute atomic E-state index is 0.00959. The summed E-state index contributed by atoms with van der Waals surface area (Å²) < 4.78 is 0. The average Bonchev–Trinajstić information content (AvgIpc) is 2.47. The highest BCUT2D eigenvalue weighted by Gasteiger charge is 2.19. The Morgan fingerprint density at radius 2 is 1.81 bits per heavy atom. The molecule has 0 aliphatic rings. The molecule has 0 heterocycles. The summed E-state index contributed by atoms with van der Waals surface area (Å²) >= 11 is 0. The summed E-state index contributed by atoms with van der Waals surface area (Å²) in [5, 5.41) is 22.2. The summed E-state index contributed by atoms with van der Waals surface area (Å²) in [4.78, 5) is 33.1. The Bertz CT molecular complexity index is 727. The van der Waals surface area contributed by atoms with Crippen molar-refractivity contribution in [1.82, 2.24) is 0 Å². The molecule has 0 saturated carbocycles. The normalized spacial score (nSPS) is 9.90. The van der Waals surface area contributed by atoms with Crippen molar-refractivity contribution in [2.75, 3.05) is 5.32 Å². The van der Waals surface area contributed by atoms with E-state index in [-0.39, 0.29) is 22.5 Å². The predicted octanol–water partition coefficient (Wildman–Crippen LogP) is 2.55. The van der Waals surface area contributed by atoms with Gasteiger partial charge in [-0.05, 0) is 24.3 Å². The third-order valence-corrected chi connectivity index (χ3v) is 2.71. The van der Waals surface area contributed by atoms with Gasteiger partial charge in [-0.15, -0.1) is 0 Å². The molecule has 0 bridgehead atoms. The van der Waals surface area contributed by atoms with E-state index in [0.29, 0.717) is 0 Å². The molecule has 0 spiro atoms. The van der Waals surface area contributed by atoms with Crippen LogP contribution in [0.2, 0.25) is 0 Å². The molecule has 0 fully saturated rings. The van der Waals surface area contributed by atoms with Gasteiger partial charge in [-0.3, -0.25) is 14.9 Å². The van der Waals surface area contributed by atoms with Gasteiger partial charge in [-0.1, -0.05) is 18.2 Å². The molecule has 0 radical (unpaired) electrons. The van der Waals surface area contributed by atoms with Crippen LogP contribution in [0.25, 0.3) is 0 Å². The van der Waals surface area contributed by atoms with Crippen molar-refractivity contribution < 1.29 is 19.6 Å². The number of nitrogens with zero attached hydrogens (tertiary/aromatic N) is 1. The SMILES string of the molecule is O=C(O)c1cccc(NC(=O)c2ccccc2[N+](=O)[O-])c1. The molecule has 0 aliphatic heterocycles. The predicted molar refractivity (Wildman–Crippen MR) is 74.5 cm³/mol. The first-order valence-electron chi connectivity index (χ1n) is 5.87. The van der Waals surface area contributed by atoms with E-state index in [2.05, 4.69) is 5.32 Å². The van der Waals surface area contributed by atoms with Gasteiger partial charge in [0.2, 0.25) is 0 Å². The number of nitro groups is 1. The molecule has 21 heavy (non-hydrogen) atoms. The highest BCUT2D eigenvalue weighted by Crippen LogP contribution is 2.19. The first-order valence-corrected chi connectivity index (χ1v) is 5.87. The van der Waals surface area contributed by atoms with Crippen LogP contribution in [0.15, 0.2) is 48.5 Å². The van der Waals surface area contributed by atoms with Crippen molar-refractivity contribution in [3.8, 4) is 0 Å². The smallest absolute Gasteiger partial charge is 0.335 e. The van der Waals surface area contributed by atoms with Crippen LogP contribution in [0, 0.1) is 10.1 Å². The Kier molecular flexibility index (Phi) is 3.94. The van der Waals surface area contributed by atoms with Gasteiger partial charge in [-0.25, -0.2) is 4.79 Å². The minimum atomic E-state index is -1.13. The fraction of sp³-hybridized carbons (Fsp3) is 0. The van der Waals surface area contributed by atoms with Crippen LogP contribution in [0.1, 0.15) is 20.7 Å². The number of carboxylic acid groups (broad SMARTS) is 1. The molecule has 7 heteroatoms. The van der Waals surface area contributed by atoms with E-state index in [4.69, 9.17) is 5.11 Å². The van der Waals surface area contributed by atoms with Crippen LogP contribution in [0.4, 0.5) is 11.4 Å². The van der Waals surface area contributed by atoms with E-state index in [1.165, 1.54) is 48.5 Å². The van der Waals surface area contributed by atoms with Crippen LogP contribution in [0.5, 0.6) is 0 Å². The molecule has 2 aromatic carbocycles. The lowest BCUT2D eigenvalue weighted by molar-refractivity contribution is -0.385. The molecular weight excluding hydrogens is 276 g/mol. The molecule has 2 N–H and O–H groups in total. The molecule has 2 aromatic rings. The number of carboxylic acids is 1. The number of benzene rings is 2. The van der Waals surface area contributed by atoms with Crippen molar-refractivity contribution in [1.29, 1.82) is 0 Å². The summed E-state index contributed by atoms with van der Waals surface area (Å²) in [6.45, 7) is 0. The number of anilines is 1. The van der Waals surface area contributed by atoms with Gasteiger partial charge in [0, 0.05) is 11.8 Å². The molecule has 0 saturated heterocycles. The number of aromatic carboxylic acids is 1. The summed E-state index contributed by atoms with van der Waals surface area (Å²) in [7, 11) is 0. The quantitative estimate of drug-likeness (QED) is 0.663. The maximum atomic E-state index is 12.1. The topological polar surface area (TPSA) is 110 Å². The number of carbonyl (C=O) groups excluding carboxylic acids is 1. The minimum Gasteiger partial charge on any atom is -0.478 e. The molecule has 0 aromatic heterocycles. The Morgan fingerprint density at radius 1 is 1.10 bits per heavy atom. The molecule has 0 unspecified atom stereocenters. The maximum absolute atomic E-state index is 12.1. The average molecular weight is 286 g/mol. The Morgan fingerprint density at radius 3 is 2.48 bits per heavy atom. The zero-order valence-corrected chi connectivity index (χ0v) is 10.6. The number of rotatable bonds is 4. The largest absolute Gasteiger partial charge is 0.478 e. The lowest BCUT2D eigenvalue weighted by atomic mass is 10.1. The monoisotopic (exact) mass is 286 g/mol. The number of amides is 1. The van der Waals surface area contributed by atoms with Gasteiger partial charge >= 0.3 is 5.97 Å². The van der Waals surface area contributed by atoms with Crippen LogP contribution in [0.3, 0.4) is 0 Å². The summed E-state index contributed by atoms with van der Waals surface area (Å²) in [5.74, 6) is -1.80. The maximum Gasteiger partial charge on any atom is 0.335 e. The van der Waals surface area contributed by atoms with E-state index >= 15 is 0 Å². The molecule has 7 nitrogen and oxygen atoms in total. The highest BCUT2D eigenvalue weighted by atomic mass is 16.6. The van der Waals surface area contributed by atoms with Gasteiger partial charge in [0.15, 0.2) is 0 Å². The number of para-hydroxylation sites is 1. The molecule has 2 rings (SSSR count). The van der Waals surface area contributed by atoms with E-state index < -0.39 is 16.8 Å². The van der Waals surface area contributed by atoms with Crippen molar-refractivity contribution in [3.05, 3.63) is 69.8 Å². The second-order valence-corrected chi connectivity index (χ2v) is 4.11. The molecule has 106 valence electrons. The number of carbonyl (C=O) groups is 2. The van der Waals surface area contributed by atoms with Crippen molar-refractivity contribution in [2.45, 2.75) is 0 Å². The fourth-order valence-corrected chi connectivity index (χ4v) is 1.75. The lowest BCUT2D eigenvalue weighted by Gasteiger charge is -2.06. The molecular formula is C14H10N2O5. The molecule has 0 atom stereocenters. The van der Waals surface area contributed by atoms with Crippen LogP contribution < -0.4 is 5.32 Å². The van der Waals surface area contributed by atoms with E-state index in [0.717, 1.165) is 0 Å². The van der Waals surface area contributed by atoms with Crippen molar-refractivity contribution in [2.24, 2.45) is 0 Å². The van der Waals surface area contributed by atoms with Gasteiger partial charge in [0.1, 0.15) is 5.56 Å². The Hall–Kier alpha value is -3.22. The number of hydrogen-bond acceptors (Lipinski definition) is 4. The first kappa shape index (κ1) is 14.2. The lowest BCUT2D eigenvalue weighted by Crippen LogP contribution is -2.14. The Labute approximate surface area is 119 Å². The number of nitro benzene ring substituents is 1. The van der Waals surface area contributed by atoms with Crippen LogP contribution >= 0.6 is 0 Å². The first-order chi connectivity index (χ1) is 9.99. The number of hydrogen-bond donors (Lipinski definition) is 2. The van der Waals surface area contributed by atoms with Crippen LogP contribution in [-0.2, 0) is 0 Å². The van der Waals surface area contributed by atoms with Gasteiger partial charge < -0.3 is 10.4 Å². The van der Waals surface area contributed by atoms with E-state index in [1.807, 2.05) is 0 Å². The van der Waals surface area contributed by atoms with Gasteiger partial charge in [-0.2, -0.15) is 0 Å². The van der Waals surface area contributed by atoms with E-state index in [9.17, 15) is 19.7 Å². The summed E-state index contributed by atoms with van der Waals surface area (Å²) in [5.41, 5.74) is -0.152. The fourth-order valence-electron chi connectivity index (χ4n) is 1.75. The standard InChI is InChI=1S/C14H10N2O5/c17-13(11-6-1-2-7-12(11)16(20)21)15-10-5-3-4-9(8-10)14(18)19/h1-8H,(H,15,17)(H,18,19). The second kappa shape index (κ2) is 5.83. The molecule has 0 aliphatic carbocycles. The highest BCUT2D eigenvalue weighted by molar-refractivity contribution is 6.07. The van der Waals surface area contributed by atoms with Crippen molar-refractivity contribution >= 4 is 23.3 Å². The van der Waals surface area contributed by atoms with Gasteiger partial charge in [0.05, 0.1) is 10.5 Å². The summed E-state index contributed by atoms with van der Waals surface area (Å²) in [6.07, 6.45) is 0.